The van der Waals surface area contributed by atoms with Crippen LogP contribution in [0.4, 0.5) is 0 Å². The fourth-order valence-electron chi connectivity index (χ4n) is 3.19. The van der Waals surface area contributed by atoms with E-state index in [0.29, 0.717) is 13.0 Å². The van der Waals surface area contributed by atoms with Crippen molar-refractivity contribution in [2.75, 3.05) is 13.2 Å². The lowest BCUT2D eigenvalue weighted by molar-refractivity contribution is -0.291. The Kier molecular flexibility index (Phi) is 5.59. The van der Waals surface area contributed by atoms with E-state index in [2.05, 4.69) is 0 Å². The van der Waals surface area contributed by atoms with Gasteiger partial charge in [0, 0.05) is 18.5 Å². The molecule has 0 bridgehead atoms. The Bertz CT molecular complexity index is 434. The molecule has 0 radical (unpaired) electrons. The molecule has 0 amide bonds. The lowest BCUT2D eigenvalue weighted by Crippen LogP contribution is -2.71. The van der Waals surface area contributed by atoms with Crippen molar-refractivity contribution in [3.05, 3.63) is 0 Å². The number of aliphatic hydroxyl groups is 2. The first-order valence-corrected chi connectivity index (χ1v) is 7.51. The molecule has 7 heteroatoms. The van der Waals surface area contributed by atoms with E-state index in [1.54, 1.807) is 13.8 Å². The van der Waals surface area contributed by atoms with Gasteiger partial charge < -0.3 is 20.1 Å². The summed E-state index contributed by atoms with van der Waals surface area (Å²) in [4.78, 5) is 24.3. The fraction of sp³-hybridized carbons (Fsp3) is 0.867. The number of carbonyl (C=O) groups is 2. The van der Waals surface area contributed by atoms with Gasteiger partial charge in [-0.15, -0.1) is 0 Å². The van der Waals surface area contributed by atoms with Gasteiger partial charge in [-0.3, -0.25) is 14.5 Å². The van der Waals surface area contributed by atoms with E-state index in [4.69, 9.17) is 9.84 Å². The topological polar surface area (TPSA) is 107 Å². The number of carboxylic acid groups (broad SMARTS) is 1. The number of ether oxygens (including phenoxy) is 1. The minimum Gasteiger partial charge on any atom is -0.481 e. The van der Waals surface area contributed by atoms with Crippen LogP contribution < -0.4 is 0 Å². The molecule has 7 nitrogen and oxygen atoms in total. The first-order chi connectivity index (χ1) is 9.96. The number of nitrogens with zero attached hydrogens (tertiary/aromatic N) is 1. The van der Waals surface area contributed by atoms with Gasteiger partial charge in [-0.1, -0.05) is 0 Å². The molecule has 22 heavy (non-hydrogen) atoms. The number of rotatable bonds is 6. The summed E-state index contributed by atoms with van der Waals surface area (Å²) in [6.45, 7) is 7.81. The van der Waals surface area contributed by atoms with Gasteiger partial charge in [0.05, 0.1) is 25.0 Å². The Morgan fingerprint density at radius 2 is 1.73 bits per heavy atom. The number of aliphatic carboxylic acids is 1. The van der Waals surface area contributed by atoms with Crippen LogP contribution in [0.1, 0.15) is 53.4 Å². The molecule has 1 atom stereocenters. The molecule has 3 N–H and O–H groups in total. The van der Waals surface area contributed by atoms with Crippen molar-refractivity contribution in [2.24, 2.45) is 0 Å². The second kappa shape index (κ2) is 6.52. The van der Waals surface area contributed by atoms with E-state index < -0.39 is 23.3 Å². The van der Waals surface area contributed by atoms with Crippen LogP contribution in [0.2, 0.25) is 0 Å². The average molecular weight is 317 g/mol. The van der Waals surface area contributed by atoms with E-state index in [9.17, 15) is 19.8 Å². The van der Waals surface area contributed by atoms with Crippen molar-refractivity contribution in [1.82, 2.24) is 4.90 Å². The Morgan fingerprint density at radius 3 is 2.23 bits per heavy atom. The van der Waals surface area contributed by atoms with Crippen LogP contribution in [0.3, 0.4) is 0 Å². The van der Waals surface area contributed by atoms with Gasteiger partial charge in [0.25, 0.3) is 0 Å². The van der Waals surface area contributed by atoms with Crippen molar-refractivity contribution in [2.45, 2.75) is 70.2 Å². The Balaban J connectivity index is 2.92. The van der Waals surface area contributed by atoms with Crippen LogP contribution in [-0.4, -0.2) is 62.2 Å². The summed E-state index contributed by atoms with van der Waals surface area (Å²) in [5, 5.41) is 28.7. The molecule has 1 saturated heterocycles. The lowest BCUT2D eigenvalue weighted by Gasteiger charge is -2.58. The molecule has 0 aromatic rings. The largest absolute Gasteiger partial charge is 0.481 e. The van der Waals surface area contributed by atoms with E-state index >= 15 is 0 Å². The summed E-state index contributed by atoms with van der Waals surface area (Å²) in [6.07, 6.45) is 0.227. The average Bonchev–Trinajstić information content (AvgIpc) is 2.38. The zero-order chi connectivity index (χ0) is 17.2. The van der Waals surface area contributed by atoms with Gasteiger partial charge in [-0.25, -0.2) is 0 Å². The molecular weight excluding hydrogens is 290 g/mol. The molecule has 0 aromatic heterocycles. The molecule has 1 fully saturated rings. The molecule has 1 aliphatic heterocycles. The summed E-state index contributed by atoms with van der Waals surface area (Å²) < 4.78 is 5.24. The number of likely N-dealkylation sites (tertiary alicyclic amines) is 1. The van der Waals surface area contributed by atoms with Gasteiger partial charge >= 0.3 is 11.9 Å². The quantitative estimate of drug-likeness (QED) is 0.489. The Morgan fingerprint density at radius 1 is 1.14 bits per heavy atom. The maximum atomic E-state index is 11.8. The first kappa shape index (κ1) is 18.9. The highest BCUT2D eigenvalue weighted by Crippen LogP contribution is 2.45. The summed E-state index contributed by atoms with van der Waals surface area (Å²) in [7, 11) is 0. The molecule has 0 aliphatic carbocycles. The smallest absolute Gasteiger partial charge is 0.308 e. The zero-order valence-corrected chi connectivity index (χ0v) is 13.8. The summed E-state index contributed by atoms with van der Waals surface area (Å²) >= 11 is 0. The van der Waals surface area contributed by atoms with Crippen LogP contribution in [0.5, 0.6) is 0 Å². The van der Waals surface area contributed by atoms with Gasteiger partial charge in [0.15, 0.2) is 0 Å². The highest BCUT2D eigenvalue weighted by atomic mass is 16.7. The number of carbonyl (C=O) groups excluding carboxylic acids is 1. The van der Waals surface area contributed by atoms with Gasteiger partial charge in [0.1, 0.15) is 0 Å². The normalized spacial score (nSPS) is 27.4. The third-order valence-corrected chi connectivity index (χ3v) is 4.59. The minimum absolute atomic E-state index is 0.0735. The zero-order valence-electron chi connectivity index (χ0n) is 13.8. The van der Waals surface area contributed by atoms with E-state index in [-0.39, 0.29) is 31.4 Å². The third-order valence-electron chi connectivity index (χ3n) is 4.59. The number of carboxylic acids is 1. The van der Waals surface area contributed by atoms with Gasteiger partial charge in [-0.05, 0) is 34.1 Å². The monoisotopic (exact) mass is 317 g/mol. The van der Waals surface area contributed by atoms with Crippen LogP contribution in [-0.2, 0) is 14.3 Å². The molecule has 128 valence electrons. The van der Waals surface area contributed by atoms with Crippen LogP contribution in [0.25, 0.3) is 0 Å². The number of hydrogen-bond acceptors (Lipinski definition) is 6. The predicted octanol–water partition coefficient (Wildman–Crippen LogP) is 0.728. The standard InChI is InChI=1S/C15H27NO6/c1-13(2)7-8-15(21,14(3,4)16(13)9-10-17)22-12(20)6-5-11(18)19/h17,21H,5-10H2,1-4H3,(H,18,19). The number of esters is 1. The van der Waals surface area contributed by atoms with Crippen LogP contribution in [0.15, 0.2) is 0 Å². The molecule has 0 saturated carbocycles. The van der Waals surface area contributed by atoms with Crippen molar-refractivity contribution in [1.29, 1.82) is 0 Å². The molecule has 1 aliphatic rings. The molecule has 1 heterocycles. The number of β-amino-alcohol motifs (C(OH)–C–C–N with tert-alkyl or cyclic N) is 1. The number of piperidine rings is 1. The van der Waals surface area contributed by atoms with E-state index in [1.165, 1.54) is 0 Å². The molecule has 0 aromatic carbocycles. The third kappa shape index (κ3) is 3.77. The second-order valence-electron chi connectivity index (χ2n) is 6.90. The summed E-state index contributed by atoms with van der Waals surface area (Å²) in [6, 6.07) is 0. The maximum absolute atomic E-state index is 11.8. The van der Waals surface area contributed by atoms with Crippen molar-refractivity contribution in [3.63, 3.8) is 0 Å². The van der Waals surface area contributed by atoms with Crippen molar-refractivity contribution >= 4 is 11.9 Å². The molecule has 1 rings (SSSR count). The highest BCUT2D eigenvalue weighted by Gasteiger charge is 2.57. The Hall–Kier alpha value is -1.18. The van der Waals surface area contributed by atoms with Crippen LogP contribution in [0, 0.1) is 0 Å². The van der Waals surface area contributed by atoms with Crippen LogP contribution >= 0.6 is 0 Å². The molecular formula is C15H27NO6. The minimum atomic E-state index is -1.72. The second-order valence-corrected chi connectivity index (χ2v) is 6.90. The predicted molar refractivity (Wildman–Crippen MR) is 79.1 cm³/mol. The van der Waals surface area contributed by atoms with Gasteiger partial charge in [0.2, 0.25) is 5.79 Å². The highest BCUT2D eigenvalue weighted by molar-refractivity contribution is 5.76. The summed E-state index contributed by atoms with van der Waals surface area (Å²) in [5.74, 6) is -3.54. The molecule has 0 spiro atoms. The fourth-order valence-corrected chi connectivity index (χ4v) is 3.19. The number of aliphatic hydroxyl groups excluding tert-OH is 1. The number of hydrogen-bond donors (Lipinski definition) is 3. The summed E-state index contributed by atoms with van der Waals surface area (Å²) in [5.41, 5.74) is -1.16. The molecule has 1 unspecified atom stereocenters. The Labute approximate surface area is 130 Å². The lowest BCUT2D eigenvalue weighted by atomic mass is 9.75. The van der Waals surface area contributed by atoms with Crippen molar-refractivity contribution in [3.8, 4) is 0 Å². The van der Waals surface area contributed by atoms with Gasteiger partial charge in [-0.2, -0.15) is 0 Å². The maximum Gasteiger partial charge on any atom is 0.308 e. The van der Waals surface area contributed by atoms with Crippen molar-refractivity contribution < 1.29 is 29.6 Å². The first-order valence-electron chi connectivity index (χ1n) is 7.51. The van der Waals surface area contributed by atoms with E-state index in [1.807, 2.05) is 18.7 Å². The SMILES string of the molecule is CC1(C)CCC(O)(OC(=O)CCC(=O)O)C(C)(C)N1CCO. The van der Waals surface area contributed by atoms with E-state index in [0.717, 1.165) is 0 Å².